The van der Waals surface area contributed by atoms with Crippen LogP contribution in [0.15, 0.2) is 40.8 Å². The molecule has 0 bridgehead atoms. The van der Waals surface area contributed by atoms with E-state index in [9.17, 15) is 4.79 Å². The lowest BCUT2D eigenvalue weighted by Gasteiger charge is -2.19. The van der Waals surface area contributed by atoms with E-state index >= 15 is 0 Å². The number of likely N-dealkylation sites (N-methyl/N-ethyl adjacent to an activating group) is 1. The topological polar surface area (TPSA) is 45.5 Å². The number of carbonyl (C=O) groups excluding carboxylic acids is 1. The van der Waals surface area contributed by atoms with Crippen LogP contribution in [0.5, 0.6) is 0 Å². The van der Waals surface area contributed by atoms with E-state index in [2.05, 4.69) is 24.4 Å². The lowest BCUT2D eigenvalue weighted by molar-refractivity contribution is -0.122. The molecule has 1 N–H and O–H groups in total. The zero-order valence-corrected chi connectivity index (χ0v) is 13.7. The van der Waals surface area contributed by atoms with E-state index in [-0.39, 0.29) is 11.9 Å². The summed E-state index contributed by atoms with van der Waals surface area (Å²) >= 11 is 0. The van der Waals surface area contributed by atoms with Crippen LogP contribution in [0.4, 0.5) is 0 Å². The van der Waals surface area contributed by atoms with Gasteiger partial charge in [-0.3, -0.25) is 9.69 Å². The Kier molecular flexibility index (Phi) is 5.39. The number of carbonyl (C=O) groups is 1. The molecule has 0 spiro atoms. The van der Waals surface area contributed by atoms with E-state index in [0.717, 1.165) is 17.1 Å². The van der Waals surface area contributed by atoms with E-state index in [1.807, 2.05) is 50.1 Å². The number of hydrogen-bond acceptors (Lipinski definition) is 3. The maximum absolute atomic E-state index is 12.2. The average Bonchev–Trinajstić information content (AvgIpc) is 2.83. The van der Waals surface area contributed by atoms with Crippen molar-refractivity contribution < 1.29 is 9.21 Å². The maximum Gasteiger partial charge on any atom is 0.234 e. The van der Waals surface area contributed by atoms with Crippen molar-refractivity contribution in [1.82, 2.24) is 10.2 Å². The number of rotatable bonds is 6. The first kappa shape index (κ1) is 16.3. The molecular weight excluding hydrogens is 276 g/mol. The first-order chi connectivity index (χ1) is 10.5. The van der Waals surface area contributed by atoms with Crippen molar-refractivity contribution in [3.63, 3.8) is 0 Å². The molecule has 1 aromatic carbocycles. The summed E-state index contributed by atoms with van der Waals surface area (Å²) in [5, 5.41) is 3.05. The number of benzene rings is 1. The van der Waals surface area contributed by atoms with E-state index < -0.39 is 0 Å². The van der Waals surface area contributed by atoms with E-state index in [0.29, 0.717) is 13.1 Å². The molecule has 4 heteroatoms. The number of aryl methyl sites for hydroxylation is 2. The van der Waals surface area contributed by atoms with Gasteiger partial charge in [0.2, 0.25) is 5.91 Å². The van der Waals surface area contributed by atoms with Crippen molar-refractivity contribution in [2.75, 3.05) is 13.6 Å². The first-order valence-electron chi connectivity index (χ1n) is 7.54. The Balaban J connectivity index is 1.85. The smallest absolute Gasteiger partial charge is 0.234 e. The molecule has 1 amide bonds. The maximum atomic E-state index is 12.2. The molecule has 0 saturated heterocycles. The average molecular weight is 300 g/mol. The number of furan rings is 1. The standard InChI is InChI=1S/C18H24N2O2/c1-13-7-5-6-8-17(13)15(3)19-18(21)12-20(4)11-16-10-9-14(2)22-16/h5-10,15H,11-12H2,1-4H3,(H,19,21). The molecule has 1 atom stereocenters. The first-order valence-corrected chi connectivity index (χ1v) is 7.54. The van der Waals surface area contributed by atoms with Gasteiger partial charge in [0, 0.05) is 0 Å². The largest absolute Gasteiger partial charge is 0.465 e. The van der Waals surface area contributed by atoms with Crippen LogP contribution < -0.4 is 5.32 Å². The lowest BCUT2D eigenvalue weighted by Crippen LogP contribution is -2.36. The molecule has 0 aliphatic carbocycles. The highest BCUT2D eigenvalue weighted by atomic mass is 16.3. The van der Waals surface area contributed by atoms with Crippen LogP contribution in [-0.2, 0) is 11.3 Å². The second kappa shape index (κ2) is 7.27. The van der Waals surface area contributed by atoms with Crippen LogP contribution in [0.25, 0.3) is 0 Å². The fraction of sp³-hybridized carbons (Fsp3) is 0.389. The zero-order chi connectivity index (χ0) is 16.1. The van der Waals surface area contributed by atoms with Gasteiger partial charge in [-0.25, -0.2) is 0 Å². The molecule has 0 fully saturated rings. The van der Waals surface area contributed by atoms with Crippen LogP contribution in [0.3, 0.4) is 0 Å². The summed E-state index contributed by atoms with van der Waals surface area (Å²) in [6.45, 7) is 6.95. The Morgan fingerprint density at radius 1 is 1.23 bits per heavy atom. The van der Waals surface area contributed by atoms with Gasteiger partial charge in [-0.05, 0) is 51.1 Å². The van der Waals surface area contributed by atoms with Crippen molar-refractivity contribution >= 4 is 5.91 Å². The Labute approximate surface area is 132 Å². The second-order valence-corrected chi connectivity index (χ2v) is 5.83. The zero-order valence-electron chi connectivity index (χ0n) is 13.7. The third-order valence-corrected chi connectivity index (χ3v) is 3.67. The molecule has 118 valence electrons. The summed E-state index contributed by atoms with van der Waals surface area (Å²) < 4.78 is 5.53. The predicted octanol–water partition coefficient (Wildman–Crippen LogP) is 3.21. The molecule has 0 aliphatic rings. The van der Waals surface area contributed by atoms with Gasteiger partial charge < -0.3 is 9.73 Å². The summed E-state index contributed by atoms with van der Waals surface area (Å²) in [7, 11) is 1.91. The van der Waals surface area contributed by atoms with Crippen LogP contribution >= 0.6 is 0 Å². The highest BCUT2D eigenvalue weighted by Gasteiger charge is 2.13. The molecule has 0 aliphatic heterocycles. The molecule has 1 heterocycles. The minimum absolute atomic E-state index is 0.00737. The second-order valence-electron chi connectivity index (χ2n) is 5.83. The quantitative estimate of drug-likeness (QED) is 0.891. The molecular formula is C18H24N2O2. The van der Waals surface area contributed by atoms with Crippen LogP contribution in [0.2, 0.25) is 0 Å². The van der Waals surface area contributed by atoms with Crippen LogP contribution in [0, 0.1) is 13.8 Å². The molecule has 22 heavy (non-hydrogen) atoms. The van der Waals surface area contributed by atoms with E-state index in [1.165, 1.54) is 5.56 Å². The Morgan fingerprint density at radius 3 is 2.59 bits per heavy atom. The van der Waals surface area contributed by atoms with Gasteiger partial charge in [0.25, 0.3) is 0 Å². The normalized spacial score (nSPS) is 12.4. The van der Waals surface area contributed by atoms with Gasteiger partial charge in [-0.2, -0.15) is 0 Å². The molecule has 0 radical (unpaired) electrons. The van der Waals surface area contributed by atoms with Crippen molar-refractivity contribution in [3.05, 3.63) is 59.0 Å². The monoisotopic (exact) mass is 300 g/mol. The van der Waals surface area contributed by atoms with Gasteiger partial charge in [0.1, 0.15) is 11.5 Å². The summed E-state index contributed by atoms with van der Waals surface area (Å²) in [5.41, 5.74) is 2.34. The number of hydrogen-bond donors (Lipinski definition) is 1. The summed E-state index contributed by atoms with van der Waals surface area (Å²) in [6, 6.07) is 12.0. The third-order valence-electron chi connectivity index (χ3n) is 3.67. The van der Waals surface area contributed by atoms with Crippen molar-refractivity contribution in [2.24, 2.45) is 0 Å². The number of nitrogens with one attached hydrogen (secondary N) is 1. The molecule has 0 saturated carbocycles. The van der Waals surface area contributed by atoms with Gasteiger partial charge in [0.15, 0.2) is 0 Å². The fourth-order valence-corrected chi connectivity index (χ4v) is 2.57. The summed E-state index contributed by atoms with van der Waals surface area (Å²) in [6.07, 6.45) is 0. The molecule has 2 rings (SSSR count). The van der Waals surface area contributed by atoms with Gasteiger partial charge >= 0.3 is 0 Å². The lowest BCUT2D eigenvalue weighted by atomic mass is 10.0. The van der Waals surface area contributed by atoms with E-state index in [1.54, 1.807) is 0 Å². The highest BCUT2D eigenvalue weighted by Crippen LogP contribution is 2.16. The summed E-state index contributed by atoms with van der Waals surface area (Å²) in [4.78, 5) is 14.1. The van der Waals surface area contributed by atoms with E-state index in [4.69, 9.17) is 4.42 Å². The Hall–Kier alpha value is -2.07. The SMILES string of the molecule is Cc1ccc(CN(C)CC(=O)NC(C)c2ccccc2C)o1. The Morgan fingerprint density at radius 2 is 1.95 bits per heavy atom. The third kappa shape index (κ3) is 4.46. The van der Waals surface area contributed by atoms with Gasteiger partial charge in [-0.1, -0.05) is 24.3 Å². The molecule has 2 aromatic rings. The van der Waals surface area contributed by atoms with Gasteiger partial charge in [-0.15, -0.1) is 0 Å². The van der Waals surface area contributed by atoms with Crippen molar-refractivity contribution in [1.29, 1.82) is 0 Å². The van der Waals surface area contributed by atoms with Crippen molar-refractivity contribution in [3.8, 4) is 0 Å². The molecule has 1 aromatic heterocycles. The molecule has 1 unspecified atom stereocenters. The highest BCUT2D eigenvalue weighted by molar-refractivity contribution is 5.78. The minimum Gasteiger partial charge on any atom is -0.465 e. The summed E-state index contributed by atoms with van der Waals surface area (Å²) in [5.74, 6) is 1.78. The van der Waals surface area contributed by atoms with Gasteiger partial charge in [0.05, 0.1) is 19.1 Å². The Bertz CT molecular complexity index is 634. The fourth-order valence-electron chi connectivity index (χ4n) is 2.57. The van der Waals surface area contributed by atoms with Crippen molar-refractivity contribution in [2.45, 2.75) is 33.4 Å². The minimum atomic E-state index is 0.00737. The van der Waals surface area contributed by atoms with Crippen LogP contribution in [-0.4, -0.2) is 24.4 Å². The van der Waals surface area contributed by atoms with Crippen LogP contribution in [0.1, 0.15) is 35.6 Å². The molecule has 4 nitrogen and oxygen atoms in total. The number of nitrogens with zero attached hydrogens (tertiary/aromatic N) is 1. The predicted molar refractivity (Wildman–Crippen MR) is 87.5 cm³/mol. The number of amides is 1.